The third-order valence-electron chi connectivity index (χ3n) is 6.29. The van der Waals surface area contributed by atoms with Gasteiger partial charge >= 0.3 is 0 Å². The van der Waals surface area contributed by atoms with Crippen molar-refractivity contribution in [2.45, 2.75) is 26.2 Å². The number of nitrogens with zero attached hydrogens (tertiary/aromatic N) is 3. The Morgan fingerprint density at radius 1 is 1.27 bits per heavy atom. The zero-order chi connectivity index (χ0) is 27.0. The Kier molecular flexibility index (Phi) is 7.58. The van der Waals surface area contributed by atoms with E-state index in [1.165, 1.54) is 35.6 Å². The van der Waals surface area contributed by atoms with Crippen LogP contribution in [-0.4, -0.2) is 70.7 Å². The summed E-state index contributed by atoms with van der Waals surface area (Å²) >= 11 is 0. The summed E-state index contributed by atoms with van der Waals surface area (Å²) in [5.74, 6) is -0.429. The molecular weight excluding hydrogens is 523 g/mol. The fraction of sp³-hybridized carbons (Fsp3) is 0.417. The summed E-state index contributed by atoms with van der Waals surface area (Å²) in [5.41, 5.74) is 1.30. The standard InChI is InChI=1S/C24H29FN4O6S2/c1-4-16-15-19-20(23(30)26-2)21(17-7-9-18(25)10-8-17)35-24(19)27-22(16)29(36(3,31)32)13-5-11-28-12-6-14-37(28,33)34/h7-10,15H,4-6,11-14H2,1-3H3,(H,26,30). The predicted molar refractivity (Wildman–Crippen MR) is 139 cm³/mol. The van der Waals surface area contributed by atoms with Crippen molar-refractivity contribution in [3.63, 3.8) is 0 Å². The number of nitrogens with one attached hydrogen (secondary N) is 1. The molecule has 4 rings (SSSR count). The van der Waals surface area contributed by atoms with Crippen LogP contribution in [-0.2, 0) is 26.5 Å². The lowest BCUT2D eigenvalue weighted by molar-refractivity contribution is 0.0964. The summed E-state index contributed by atoms with van der Waals surface area (Å²) in [7, 11) is -5.60. The van der Waals surface area contributed by atoms with Crippen LogP contribution in [0, 0.1) is 5.82 Å². The average Bonchev–Trinajstić information content (AvgIpc) is 3.38. The van der Waals surface area contributed by atoms with Crippen molar-refractivity contribution < 1.29 is 30.4 Å². The number of anilines is 1. The highest BCUT2D eigenvalue weighted by molar-refractivity contribution is 7.92. The number of carbonyl (C=O) groups is 1. The number of rotatable bonds is 9. The Morgan fingerprint density at radius 2 is 1.97 bits per heavy atom. The molecule has 1 amide bonds. The maximum absolute atomic E-state index is 13.5. The molecule has 0 bridgehead atoms. The third-order valence-corrected chi connectivity index (χ3v) is 9.40. The Balaban J connectivity index is 1.78. The highest BCUT2D eigenvalue weighted by Gasteiger charge is 2.30. The normalized spacial score (nSPS) is 15.8. The van der Waals surface area contributed by atoms with E-state index in [1.807, 2.05) is 6.92 Å². The number of halogens is 1. The Labute approximate surface area is 215 Å². The number of furan rings is 1. The number of hydrogen-bond acceptors (Lipinski definition) is 7. The molecule has 13 heteroatoms. The molecule has 37 heavy (non-hydrogen) atoms. The van der Waals surface area contributed by atoms with Gasteiger partial charge in [0, 0.05) is 32.2 Å². The van der Waals surface area contributed by atoms with E-state index in [2.05, 4.69) is 10.3 Å². The van der Waals surface area contributed by atoms with E-state index < -0.39 is 31.8 Å². The van der Waals surface area contributed by atoms with E-state index in [4.69, 9.17) is 4.42 Å². The molecule has 0 atom stereocenters. The van der Waals surface area contributed by atoms with E-state index in [0.29, 0.717) is 35.9 Å². The Bertz CT molecular complexity index is 1540. The van der Waals surface area contributed by atoms with E-state index >= 15 is 0 Å². The molecule has 1 aliphatic rings. The van der Waals surface area contributed by atoms with E-state index in [1.54, 1.807) is 6.07 Å². The van der Waals surface area contributed by atoms with Crippen molar-refractivity contribution in [3.8, 4) is 11.3 Å². The number of benzene rings is 1. The van der Waals surface area contributed by atoms with Crippen molar-refractivity contribution >= 4 is 42.9 Å². The van der Waals surface area contributed by atoms with Gasteiger partial charge in [0.15, 0.2) is 0 Å². The van der Waals surface area contributed by atoms with E-state index in [0.717, 1.165) is 10.6 Å². The highest BCUT2D eigenvalue weighted by Crippen LogP contribution is 2.36. The zero-order valence-electron chi connectivity index (χ0n) is 20.8. The van der Waals surface area contributed by atoms with Gasteiger partial charge in [0.2, 0.25) is 25.8 Å². The largest absolute Gasteiger partial charge is 0.437 e. The summed E-state index contributed by atoms with van der Waals surface area (Å²) in [6.45, 7) is 2.48. The topological polar surface area (TPSA) is 130 Å². The van der Waals surface area contributed by atoms with Crippen molar-refractivity contribution in [1.82, 2.24) is 14.6 Å². The minimum atomic E-state index is -3.78. The molecule has 0 spiro atoms. The maximum atomic E-state index is 13.5. The smallest absolute Gasteiger partial charge is 0.255 e. The molecule has 1 aliphatic heterocycles. The van der Waals surface area contributed by atoms with Crippen LogP contribution in [0.1, 0.15) is 35.7 Å². The summed E-state index contributed by atoms with van der Waals surface area (Å²) < 4.78 is 71.8. The van der Waals surface area contributed by atoms with Crippen LogP contribution in [0.25, 0.3) is 22.4 Å². The molecule has 3 heterocycles. The Hall–Kier alpha value is -3.03. The second kappa shape index (κ2) is 10.4. The van der Waals surface area contributed by atoms with Gasteiger partial charge in [0.25, 0.3) is 5.91 Å². The minimum Gasteiger partial charge on any atom is -0.437 e. The molecule has 200 valence electrons. The van der Waals surface area contributed by atoms with Gasteiger partial charge in [-0.1, -0.05) is 6.92 Å². The molecule has 1 aromatic carbocycles. The van der Waals surface area contributed by atoms with E-state index in [-0.39, 0.29) is 48.1 Å². The molecule has 3 aromatic rings. The van der Waals surface area contributed by atoms with Gasteiger partial charge in [-0.05, 0) is 55.2 Å². The second-order valence-electron chi connectivity index (χ2n) is 8.83. The number of fused-ring (bicyclic) bond motifs is 1. The fourth-order valence-corrected chi connectivity index (χ4v) is 6.95. The molecule has 1 fully saturated rings. The number of pyridine rings is 1. The molecule has 10 nitrogen and oxygen atoms in total. The van der Waals surface area contributed by atoms with Crippen molar-refractivity contribution in [1.29, 1.82) is 0 Å². The monoisotopic (exact) mass is 552 g/mol. The van der Waals surface area contributed by atoms with Gasteiger partial charge in [-0.25, -0.2) is 25.5 Å². The lowest BCUT2D eigenvalue weighted by Gasteiger charge is -2.24. The first kappa shape index (κ1) is 27.0. The predicted octanol–water partition coefficient (Wildman–Crippen LogP) is 2.75. The van der Waals surface area contributed by atoms with Gasteiger partial charge in [0.1, 0.15) is 17.4 Å². The molecular formula is C24H29FN4O6S2. The summed E-state index contributed by atoms with van der Waals surface area (Å²) in [5, 5.41) is 2.98. The first-order valence-electron chi connectivity index (χ1n) is 11.9. The summed E-state index contributed by atoms with van der Waals surface area (Å²) in [4.78, 5) is 17.3. The lowest BCUT2D eigenvalue weighted by Crippen LogP contribution is -2.35. The molecule has 0 aliphatic carbocycles. The average molecular weight is 553 g/mol. The van der Waals surface area contributed by atoms with Gasteiger partial charge in [0.05, 0.1) is 23.0 Å². The molecule has 0 saturated carbocycles. The molecule has 1 N–H and O–H groups in total. The van der Waals surface area contributed by atoms with Gasteiger partial charge < -0.3 is 9.73 Å². The summed E-state index contributed by atoms with van der Waals surface area (Å²) in [6.07, 6.45) is 2.30. The van der Waals surface area contributed by atoms with E-state index in [9.17, 15) is 26.0 Å². The number of amides is 1. The number of sulfonamides is 2. The number of aromatic nitrogens is 1. The molecule has 1 saturated heterocycles. The van der Waals surface area contributed by atoms with Gasteiger partial charge in [-0.2, -0.15) is 4.98 Å². The molecule has 2 aromatic heterocycles. The number of aryl methyl sites for hydroxylation is 1. The van der Waals surface area contributed by atoms with Crippen LogP contribution in [0.15, 0.2) is 34.7 Å². The highest BCUT2D eigenvalue weighted by atomic mass is 32.2. The van der Waals surface area contributed by atoms with Gasteiger partial charge in [-0.3, -0.25) is 9.10 Å². The summed E-state index contributed by atoms with van der Waals surface area (Å²) in [6, 6.07) is 7.14. The second-order valence-corrected chi connectivity index (χ2v) is 12.8. The quantitative estimate of drug-likeness (QED) is 0.432. The zero-order valence-corrected chi connectivity index (χ0v) is 22.5. The maximum Gasteiger partial charge on any atom is 0.255 e. The SMILES string of the molecule is CCc1cc2c(C(=O)NC)c(-c3ccc(F)cc3)oc2nc1N(CCCN1CCCS1(=O)=O)S(C)(=O)=O. The van der Waals surface area contributed by atoms with Crippen LogP contribution < -0.4 is 9.62 Å². The van der Waals surface area contributed by atoms with Crippen LogP contribution in [0.5, 0.6) is 0 Å². The third kappa shape index (κ3) is 5.48. The van der Waals surface area contributed by atoms with Crippen LogP contribution >= 0.6 is 0 Å². The molecule has 0 unspecified atom stereocenters. The Morgan fingerprint density at radius 3 is 2.54 bits per heavy atom. The van der Waals surface area contributed by atoms with Crippen molar-refractivity contribution in [3.05, 3.63) is 47.3 Å². The van der Waals surface area contributed by atoms with Crippen molar-refractivity contribution in [2.24, 2.45) is 0 Å². The fourth-order valence-electron chi connectivity index (χ4n) is 4.45. The van der Waals surface area contributed by atoms with Gasteiger partial charge in [-0.15, -0.1) is 0 Å². The first-order chi connectivity index (χ1) is 17.5. The number of hydrogen-bond donors (Lipinski definition) is 1. The molecule has 0 radical (unpaired) electrons. The first-order valence-corrected chi connectivity index (χ1v) is 15.3. The van der Waals surface area contributed by atoms with Crippen molar-refractivity contribution in [2.75, 3.05) is 43.0 Å². The lowest BCUT2D eigenvalue weighted by atomic mass is 10.0. The van der Waals surface area contributed by atoms with Crippen LogP contribution in [0.2, 0.25) is 0 Å². The number of carbonyl (C=O) groups excluding carboxylic acids is 1. The minimum absolute atomic E-state index is 0.0180. The van der Waals surface area contributed by atoms with Crippen LogP contribution in [0.3, 0.4) is 0 Å². The van der Waals surface area contributed by atoms with Crippen LogP contribution in [0.4, 0.5) is 10.2 Å².